The van der Waals surface area contributed by atoms with Crippen molar-refractivity contribution in [3.8, 4) is 11.3 Å². The number of nitrogen functional groups attached to an aromatic ring is 1. The zero-order valence-electron chi connectivity index (χ0n) is 10.6. The summed E-state index contributed by atoms with van der Waals surface area (Å²) < 4.78 is 56.7. The highest BCUT2D eigenvalue weighted by molar-refractivity contribution is 5.67. The summed E-state index contributed by atoms with van der Waals surface area (Å²) in [5.74, 6) is -0.793. The Bertz CT molecular complexity index is 619. The molecule has 0 spiro atoms. The minimum absolute atomic E-state index is 0.0482. The van der Waals surface area contributed by atoms with Gasteiger partial charge < -0.3 is 10.3 Å². The molecule has 3 nitrogen and oxygen atoms in total. The Hall–Kier alpha value is -2.05. The Labute approximate surface area is 112 Å². The minimum atomic E-state index is -4.56. The number of benzene rings is 1. The monoisotopic (exact) mass is 288 g/mol. The third-order valence-electron chi connectivity index (χ3n) is 2.86. The fourth-order valence-corrected chi connectivity index (χ4v) is 1.90. The second kappa shape index (κ2) is 5.15. The molecule has 2 rings (SSSR count). The molecular formula is C13H12F4N2O. The summed E-state index contributed by atoms with van der Waals surface area (Å²) in [6, 6.07) is 2.14. The predicted molar refractivity (Wildman–Crippen MR) is 65.3 cm³/mol. The standard InChI is InChI=1S/C13H12F4N2O/c1-2-3-8-11(20-19-12(8)18)9-6-7(13(15,16)17)4-5-10(9)14/h4-6H,2-3H2,1H3,(H2,18,19). The summed E-state index contributed by atoms with van der Waals surface area (Å²) in [5, 5.41) is 3.50. The van der Waals surface area contributed by atoms with Gasteiger partial charge in [-0.05, 0) is 24.6 Å². The molecular weight excluding hydrogens is 276 g/mol. The van der Waals surface area contributed by atoms with Gasteiger partial charge in [0, 0.05) is 5.56 Å². The smallest absolute Gasteiger partial charge is 0.381 e. The SMILES string of the molecule is CCCc1c(N)noc1-c1cc(C(F)(F)F)ccc1F. The summed E-state index contributed by atoms with van der Waals surface area (Å²) in [6.07, 6.45) is -3.43. The molecule has 0 amide bonds. The summed E-state index contributed by atoms with van der Waals surface area (Å²) in [4.78, 5) is 0. The number of halogens is 4. The van der Waals surface area contributed by atoms with E-state index in [1.54, 1.807) is 0 Å². The summed E-state index contributed by atoms with van der Waals surface area (Å²) in [6.45, 7) is 1.86. The molecule has 1 aromatic carbocycles. The molecule has 1 heterocycles. The van der Waals surface area contributed by atoms with E-state index in [1.807, 2.05) is 6.92 Å². The molecule has 7 heteroatoms. The highest BCUT2D eigenvalue weighted by atomic mass is 19.4. The van der Waals surface area contributed by atoms with Gasteiger partial charge in [-0.25, -0.2) is 4.39 Å². The Morgan fingerprint density at radius 3 is 2.60 bits per heavy atom. The number of hydrogen-bond donors (Lipinski definition) is 1. The van der Waals surface area contributed by atoms with Crippen LogP contribution in [0.1, 0.15) is 24.5 Å². The molecule has 0 saturated carbocycles. The Morgan fingerprint density at radius 2 is 2.00 bits per heavy atom. The van der Waals surface area contributed by atoms with Crippen LogP contribution in [0, 0.1) is 5.82 Å². The quantitative estimate of drug-likeness (QED) is 0.867. The lowest BCUT2D eigenvalue weighted by Gasteiger charge is -2.09. The van der Waals surface area contributed by atoms with Gasteiger partial charge in [0.2, 0.25) is 0 Å². The maximum absolute atomic E-state index is 13.8. The highest BCUT2D eigenvalue weighted by Gasteiger charge is 2.32. The van der Waals surface area contributed by atoms with E-state index >= 15 is 0 Å². The van der Waals surface area contributed by atoms with E-state index in [1.165, 1.54) is 0 Å². The zero-order valence-corrected chi connectivity index (χ0v) is 10.6. The minimum Gasteiger partial charge on any atom is -0.381 e. The van der Waals surface area contributed by atoms with Crippen LogP contribution in [0.3, 0.4) is 0 Å². The zero-order chi connectivity index (χ0) is 14.9. The molecule has 0 aliphatic rings. The number of rotatable bonds is 3. The Kier molecular flexibility index (Phi) is 3.69. The fourth-order valence-electron chi connectivity index (χ4n) is 1.90. The number of nitrogens with zero attached hydrogens (tertiary/aromatic N) is 1. The number of aromatic nitrogens is 1. The largest absolute Gasteiger partial charge is 0.416 e. The number of hydrogen-bond acceptors (Lipinski definition) is 3. The van der Waals surface area contributed by atoms with Gasteiger partial charge in [-0.2, -0.15) is 13.2 Å². The lowest BCUT2D eigenvalue weighted by Crippen LogP contribution is -2.05. The van der Waals surface area contributed by atoms with Crippen LogP contribution < -0.4 is 5.73 Å². The molecule has 0 aliphatic carbocycles. The van der Waals surface area contributed by atoms with Crippen LogP contribution >= 0.6 is 0 Å². The third kappa shape index (κ3) is 2.61. The van der Waals surface area contributed by atoms with E-state index < -0.39 is 17.6 Å². The van der Waals surface area contributed by atoms with Gasteiger partial charge in [0.25, 0.3) is 0 Å². The molecule has 0 aliphatic heterocycles. The number of alkyl halides is 3. The number of anilines is 1. The molecule has 2 aromatic rings. The lowest BCUT2D eigenvalue weighted by molar-refractivity contribution is -0.137. The first-order valence-electron chi connectivity index (χ1n) is 5.95. The van der Waals surface area contributed by atoms with E-state index in [2.05, 4.69) is 5.16 Å². The fraction of sp³-hybridized carbons (Fsp3) is 0.308. The maximum atomic E-state index is 13.8. The molecule has 20 heavy (non-hydrogen) atoms. The molecule has 0 fully saturated rings. The molecule has 0 saturated heterocycles. The van der Waals surface area contributed by atoms with Crippen molar-refractivity contribution in [1.29, 1.82) is 0 Å². The number of nitrogens with two attached hydrogens (primary N) is 1. The topological polar surface area (TPSA) is 52.0 Å². The van der Waals surface area contributed by atoms with Crippen LogP contribution in [0.25, 0.3) is 11.3 Å². The maximum Gasteiger partial charge on any atom is 0.416 e. The van der Waals surface area contributed by atoms with Crippen LogP contribution in [0.4, 0.5) is 23.4 Å². The van der Waals surface area contributed by atoms with E-state index in [4.69, 9.17) is 10.3 Å². The highest BCUT2D eigenvalue weighted by Crippen LogP contribution is 2.36. The van der Waals surface area contributed by atoms with Crippen molar-refractivity contribution < 1.29 is 22.1 Å². The van der Waals surface area contributed by atoms with E-state index in [0.29, 0.717) is 30.5 Å². The van der Waals surface area contributed by atoms with Crippen molar-refractivity contribution in [2.45, 2.75) is 25.9 Å². The lowest BCUT2D eigenvalue weighted by atomic mass is 10.0. The summed E-state index contributed by atoms with van der Waals surface area (Å²) in [7, 11) is 0. The second-order valence-corrected chi connectivity index (χ2v) is 4.32. The van der Waals surface area contributed by atoms with Gasteiger partial charge in [0.1, 0.15) is 5.82 Å². The van der Waals surface area contributed by atoms with Crippen molar-refractivity contribution in [2.24, 2.45) is 0 Å². The van der Waals surface area contributed by atoms with Gasteiger partial charge in [-0.1, -0.05) is 18.5 Å². The van der Waals surface area contributed by atoms with Crippen molar-refractivity contribution in [1.82, 2.24) is 5.16 Å². The summed E-state index contributed by atoms with van der Waals surface area (Å²) in [5.41, 5.74) is 4.77. The van der Waals surface area contributed by atoms with E-state index in [0.717, 1.165) is 6.07 Å². The van der Waals surface area contributed by atoms with Crippen LogP contribution in [-0.2, 0) is 12.6 Å². The van der Waals surface area contributed by atoms with Crippen molar-refractivity contribution >= 4 is 5.82 Å². The third-order valence-corrected chi connectivity index (χ3v) is 2.86. The van der Waals surface area contributed by atoms with E-state index in [9.17, 15) is 17.6 Å². The molecule has 0 radical (unpaired) electrons. The average molecular weight is 288 g/mol. The average Bonchev–Trinajstić information content (AvgIpc) is 2.71. The molecule has 108 valence electrons. The molecule has 0 unspecified atom stereocenters. The molecule has 0 atom stereocenters. The van der Waals surface area contributed by atoms with Crippen LogP contribution in [-0.4, -0.2) is 5.16 Å². The van der Waals surface area contributed by atoms with Gasteiger partial charge >= 0.3 is 6.18 Å². The van der Waals surface area contributed by atoms with Gasteiger partial charge in [0.05, 0.1) is 11.1 Å². The van der Waals surface area contributed by atoms with Crippen molar-refractivity contribution in [3.05, 3.63) is 35.1 Å². The Balaban J connectivity index is 2.58. The Morgan fingerprint density at radius 1 is 1.30 bits per heavy atom. The predicted octanol–water partition coefficient (Wildman–Crippen LogP) is 4.03. The van der Waals surface area contributed by atoms with E-state index in [-0.39, 0.29) is 17.1 Å². The van der Waals surface area contributed by atoms with Gasteiger partial charge in [0.15, 0.2) is 11.6 Å². The normalized spacial score (nSPS) is 11.8. The molecule has 1 aromatic heterocycles. The molecule has 2 N–H and O–H groups in total. The first-order chi connectivity index (χ1) is 9.34. The van der Waals surface area contributed by atoms with Crippen molar-refractivity contribution in [3.63, 3.8) is 0 Å². The molecule has 0 bridgehead atoms. The van der Waals surface area contributed by atoms with Crippen LogP contribution in [0.5, 0.6) is 0 Å². The van der Waals surface area contributed by atoms with Crippen LogP contribution in [0.15, 0.2) is 22.7 Å². The van der Waals surface area contributed by atoms with Gasteiger partial charge in [-0.15, -0.1) is 0 Å². The van der Waals surface area contributed by atoms with Crippen molar-refractivity contribution in [2.75, 3.05) is 5.73 Å². The van der Waals surface area contributed by atoms with Gasteiger partial charge in [-0.3, -0.25) is 0 Å². The second-order valence-electron chi connectivity index (χ2n) is 4.32. The summed E-state index contributed by atoms with van der Waals surface area (Å²) >= 11 is 0. The first kappa shape index (κ1) is 14.4. The first-order valence-corrected chi connectivity index (χ1v) is 5.95. The van der Waals surface area contributed by atoms with Crippen LogP contribution in [0.2, 0.25) is 0 Å².